The Hall–Kier alpha value is -2.11. The minimum atomic E-state index is -0.522. The standard InChI is InChI=1S/C11H15N3O3/c1-7(2)13-11(15)9-6-8(14(16)17)4-5-10(9)12-3/h4-7,12H,1-3H3,(H,13,15). The Labute approximate surface area is 99.2 Å². The van der Waals surface area contributed by atoms with Crippen molar-refractivity contribution in [3.63, 3.8) is 0 Å². The monoisotopic (exact) mass is 237 g/mol. The number of carbonyl (C=O) groups is 1. The molecule has 0 heterocycles. The van der Waals surface area contributed by atoms with Crippen LogP contribution in [0.2, 0.25) is 0 Å². The number of carbonyl (C=O) groups excluding carboxylic acids is 1. The van der Waals surface area contributed by atoms with E-state index in [0.29, 0.717) is 5.69 Å². The Kier molecular flexibility index (Phi) is 4.03. The Balaban J connectivity index is 3.14. The lowest BCUT2D eigenvalue weighted by Crippen LogP contribution is -2.30. The molecule has 1 aromatic carbocycles. The quantitative estimate of drug-likeness (QED) is 0.617. The number of nitrogens with zero attached hydrogens (tertiary/aromatic N) is 1. The number of hydrogen-bond donors (Lipinski definition) is 2. The normalized spacial score (nSPS) is 10.1. The van der Waals surface area contributed by atoms with Crippen molar-refractivity contribution in [1.82, 2.24) is 5.32 Å². The first-order valence-electron chi connectivity index (χ1n) is 5.22. The third-order valence-electron chi connectivity index (χ3n) is 2.15. The Bertz CT molecular complexity index is 444. The molecule has 0 atom stereocenters. The van der Waals surface area contributed by atoms with E-state index in [2.05, 4.69) is 10.6 Å². The van der Waals surface area contributed by atoms with E-state index in [1.165, 1.54) is 18.2 Å². The van der Waals surface area contributed by atoms with Gasteiger partial charge in [-0.3, -0.25) is 14.9 Å². The van der Waals surface area contributed by atoms with E-state index in [-0.39, 0.29) is 23.2 Å². The molecule has 1 amide bonds. The molecular weight excluding hydrogens is 222 g/mol. The fraction of sp³-hybridized carbons (Fsp3) is 0.364. The summed E-state index contributed by atoms with van der Waals surface area (Å²) in [5.74, 6) is -0.326. The number of hydrogen-bond acceptors (Lipinski definition) is 4. The smallest absolute Gasteiger partial charge is 0.270 e. The minimum absolute atomic E-state index is 0.0218. The van der Waals surface area contributed by atoms with Gasteiger partial charge in [-0.05, 0) is 19.9 Å². The average Bonchev–Trinajstić information content (AvgIpc) is 2.27. The molecule has 1 rings (SSSR count). The van der Waals surface area contributed by atoms with Gasteiger partial charge in [0.15, 0.2) is 0 Å². The molecule has 0 aliphatic carbocycles. The SMILES string of the molecule is CNc1ccc([N+](=O)[O-])cc1C(=O)NC(C)C. The van der Waals surface area contributed by atoms with Crippen LogP contribution in [0.15, 0.2) is 18.2 Å². The van der Waals surface area contributed by atoms with E-state index in [9.17, 15) is 14.9 Å². The molecule has 6 nitrogen and oxygen atoms in total. The van der Waals surface area contributed by atoms with Crippen molar-refractivity contribution >= 4 is 17.3 Å². The van der Waals surface area contributed by atoms with Crippen LogP contribution < -0.4 is 10.6 Å². The van der Waals surface area contributed by atoms with Crippen LogP contribution in [-0.4, -0.2) is 23.9 Å². The second-order valence-electron chi connectivity index (χ2n) is 3.87. The highest BCUT2D eigenvalue weighted by atomic mass is 16.6. The van der Waals surface area contributed by atoms with E-state index in [4.69, 9.17) is 0 Å². The molecule has 17 heavy (non-hydrogen) atoms. The van der Waals surface area contributed by atoms with E-state index in [0.717, 1.165) is 0 Å². The molecule has 0 aromatic heterocycles. The number of non-ortho nitro benzene ring substituents is 1. The maximum atomic E-state index is 11.8. The molecule has 0 spiro atoms. The second-order valence-corrected chi connectivity index (χ2v) is 3.87. The number of nitrogens with one attached hydrogen (secondary N) is 2. The predicted molar refractivity (Wildman–Crippen MR) is 65.2 cm³/mol. The summed E-state index contributed by atoms with van der Waals surface area (Å²) < 4.78 is 0. The number of amides is 1. The van der Waals surface area contributed by atoms with E-state index in [1.54, 1.807) is 7.05 Å². The zero-order valence-electron chi connectivity index (χ0n) is 9.98. The molecule has 0 saturated heterocycles. The topological polar surface area (TPSA) is 84.3 Å². The van der Waals surface area contributed by atoms with Crippen molar-refractivity contribution in [3.8, 4) is 0 Å². The highest BCUT2D eigenvalue weighted by Crippen LogP contribution is 2.21. The summed E-state index contributed by atoms with van der Waals surface area (Å²) in [6.45, 7) is 3.66. The van der Waals surface area contributed by atoms with Gasteiger partial charge in [-0.1, -0.05) is 0 Å². The number of nitro benzene ring substituents is 1. The molecule has 6 heteroatoms. The lowest BCUT2D eigenvalue weighted by atomic mass is 10.1. The van der Waals surface area contributed by atoms with Crippen molar-refractivity contribution in [2.75, 3.05) is 12.4 Å². The first kappa shape index (κ1) is 13.0. The van der Waals surface area contributed by atoms with Crippen molar-refractivity contribution in [2.24, 2.45) is 0 Å². The van der Waals surface area contributed by atoms with Gasteiger partial charge in [-0.25, -0.2) is 0 Å². The number of anilines is 1. The summed E-state index contributed by atoms with van der Waals surface area (Å²) >= 11 is 0. The zero-order chi connectivity index (χ0) is 13.0. The lowest BCUT2D eigenvalue weighted by Gasteiger charge is -2.11. The van der Waals surface area contributed by atoms with E-state index < -0.39 is 4.92 Å². The third-order valence-corrected chi connectivity index (χ3v) is 2.15. The molecule has 2 N–H and O–H groups in total. The molecule has 0 aliphatic heterocycles. The van der Waals surface area contributed by atoms with Gasteiger partial charge in [0.1, 0.15) is 0 Å². The highest BCUT2D eigenvalue weighted by molar-refractivity contribution is 6.00. The van der Waals surface area contributed by atoms with Crippen LogP contribution in [0, 0.1) is 10.1 Å². The van der Waals surface area contributed by atoms with Crippen LogP contribution in [-0.2, 0) is 0 Å². The largest absolute Gasteiger partial charge is 0.387 e. The van der Waals surface area contributed by atoms with Crippen LogP contribution >= 0.6 is 0 Å². The maximum Gasteiger partial charge on any atom is 0.270 e. The molecule has 0 bridgehead atoms. The number of benzene rings is 1. The minimum Gasteiger partial charge on any atom is -0.387 e. The van der Waals surface area contributed by atoms with Gasteiger partial charge in [0.05, 0.1) is 10.5 Å². The molecule has 0 unspecified atom stereocenters. The molecule has 0 radical (unpaired) electrons. The van der Waals surface area contributed by atoms with Gasteiger partial charge in [-0.15, -0.1) is 0 Å². The van der Waals surface area contributed by atoms with Gasteiger partial charge in [-0.2, -0.15) is 0 Å². The van der Waals surface area contributed by atoms with Gasteiger partial charge in [0, 0.05) is 30.9 Å². The van der Waals surface area contributed by atoms with Gasteiger partial charge in [0.2, 0.25) is 0 Å². The van der Waals surface area contributed by atoms with E-state index in [1.807, 2.05) is 13.8 Å². The fourth-order valence-electron chi connectivity index (χ4n) is 1.39. The second kappa shape index (κ2) is 5.29. The molecule has 0 aliphatic rings. The molecule has 92 valence electrons. The Morgan fingerprint density at radius 3 is 2.53 bits per heavy atom. The zero-order valence-corrected chi connectivity index (χ0v) is 9.98. The summed E-state index contributed by atoms with van der Waals surface area (Å²) in [6.07, 6.45) is 0. The number of nitro groups is 1. The van der Waals surface area contributed by atoms with Gasteiger partial charge >= 0.3 is 0 Å². The van der Waals surface area contributed by atoms with Crippen molar-refractivity contribution < 1.29 is 9.72 Å². The molecular formula is C11H15N3O3. The third kappa shape index (κ3) is 3.17. The highest BCUT2D eigenvalue weighted by Gasteiger charge is 2.16. The molecule has 0 saturated carbocycles. The maximum absolute atomic E-state index is 11.8. The predicted octanol–water partition coefficient (Wildman–Crippen LogP) is 1.77. The van der Waals surface area contributed by atoms with Crippen LogP contribution in [0.1, 0.15) is 24.2 Å². The summed E-state index contributed by atoms with van der Waals surface area (Å²) in [4.78, 5) is 22.0. The van der Waals surface area contributed by atoms with Crippen molar-refractivity contribution in [1.29, 1.82) is 0 Å². The van der Waals surface area contributed by atoms with Gasteiger partial charge in [0.25, 0.3) is 11.6 Å². The van der Waals surface area contributed by atoms with Crippen LogP contribution in [0.3, 0.4) is 0 Å². The van der Waals surface area contributed by atoms with Crippen molar-refractivity contribution in [3.05, 3.63) is 33.9 Å². The summed E-state index contributed by atoms with van der Waals surface area (Å²) in [5.41, 5.74) is 0.738. The summed E-state index contributed by atoms with van der Waals surface area (Å²) in [6, 6.07) is 4.13. The van der Waals surface area contributed by atoms with Crippen molar-refractivity contribution in [2.45, 2.75) is 19.9 Å². The van der Waals surface area contributed by atoms with E-state index >= 15 is 0 Å². The van der Waals surface area contributed by atoms with Crippen LogP contribution in [0.25, 0.3) is 0 Å². The van der Waals surface area contributed by atoms with Crippen LogP contribution in [0.5, 0.6) is 0 Å². The Morgan fingerprint density at radius 1 is 1.41 bits per heavy atom. The molecule has 1 aromatic rings. The fourth-order valence-corrected chi connectivity index (χ4v) is 1.39. The first-order chi connectivity index (χ1) is 7.95. The summed E-state index contributed by atoms with van der Waals surface area (Å²) in [7, 11) is 1.66. The molecule has 0 fully saturated rings. The first-order valence-corrected chi connectivity index (χ1v) is 5.22. The Morgan fingerprint density at radius 2 is 2.06 bits per heavy atom. The average molecular weight is 237 g/mol. The van der Waals surface area contributed by atoms with Gasteiger partial charge < -0.3 is 10.6 Å². The van der Waals surface area contributed by atoms with Crippen LogP contribution in [0.4, 0.5) is 11.4 Å². The lowest BCUT2D eigenvalue weighted by molar-refractivity contribution is -0.384. The summed E-state index contributed by atoms with van der Waals surface area (Å²) in [5, 5.41) is 16.2. The number of rotatable bonds is 4.